The maximum absolute atomic E-state index is 11.2. The maximum atomic E-state index is 11.2. The summed E-state index contributed by atoms with van der Waals surface area (Å²) in [7, 11) is 1.66. The van der Waals surface area contributed by atoms with Crippen molar-refractivity contribution in [3.05, 3.63) is 48.7 Å². The first-order valence-corrected chi connectivity index (χ1v) is 8.68. The van der Waals surface area contributed by atoms with Gasteiger partial charge in [0.15, 0.2) is 0 Å². The largest absolute Gasteiger partial charge is 0.497 e. The molecule has 3 fully saturated rings. The Hall–Kier alpha value is -1.33. The molecule has 3 aliphatic rings. The van der Waals surface area contributed by atoms with E-state index in [4.69, 9.17) is 4.74 Å². The van der Waals surface area contributed by atoms with E-state index in [0.717, 1.165) is 41.7 Å². The lowest BCUT2D eigenvalue weighted by Gasteiger charge is -2.50. The second-order valence-corrected chi connectivity index (χ2v) is 6.97. The second-order valence-electron chi connectivity index (χ2n) is 6.97. The number of nitrogens with zero attached hydrogens (tertiary/aromatic N) is 2. The van der Waals surface area contributed by atoms with Gasteiger partial charge in [0.2, 0.25) is 0 Å². The van der Waals surface area contributed by atoms with E-state index in [9.17, 15) is 5.11 Å². The van der Waals surface area contributed by atoms with Crippen molar-refractivity contribution in [1.82, 2.24) is 9.88 Å². The molecular formula is C20H26Cl2N2O2. The van der Waals surface area contributed by atoms with E-state index in [1.54, 1.807) is 13.3 Å². The summed E-state index contributed by atoms with van der Waals surface area (Å²) >= 11 is 0. The van der Waals surface area contributed by atoms with E-state index in [0.29, 0.717) is 11.8 Å². The minimum atomic E-state index is -0.504. The topological polar surface area (TPSA) is 45.6 Å². The van der Waals surface area contributed by atoms with Gasteiger partial charge in [0.1, 0.15) is 5.75 Å². The van der Waals surface area contributed by atoms with E-state index >= 15 is 0 Å². The molecule has 26 heavy (non-hydrogen) atoms. The molecule has 142 valence electrons. The normalized spacial score (nSPS) is 27.9. The predicted octanol–water partition coefficient (Wildman–Crippen LogP) is 4.02. The zero-order valence-corrected chi connectivity index (χ0v) is 16.5. The number of ether oxygens (including phenoxy) is 1. The Morgan fingerprint density at radius 1 is 1.35 bits per heavy atom. The molecule has 2 bridgehead atoms. The van der Waals surface area contributed by atoms with Crippen LogP contribution >= 0.6 is 24.8 Å². The van der Waals surface area contributed by atoms with Crippen LogP contribution in [0.3, 0.4) is 0 Å². The van der Waals surface area contributed by atoms with Gasteiger partial charge in [-0.1, -0.05) is 6.08 Å². The summed E-state index contributed by atoms with van der Waals surface area (Å²) in [5, 5.41) is 12.1. The average molecular weight is 397 g/mol. The number of halogens is 2. The molecule has 4 heterocycles. The summed E-state index contributed by atoms with van der Waals surface area (Å²) in [4.78, 5) is 6.86. The van der Waals surface area contributed by atoms with Gasteiger partial charge in [-0.15, -0.1) is 31.4 Å². The standard InChI is InChI=1S/C20H24N2O2.2ClH/c1-3-13-12-22-9-7-14(13)10-19(22)20(23)16-6-8-21-18-5-4-15(24-2)11-17(16)18;;/h3-6,8,11,13-14,19-20,23H,1,7,9-10,12H2,2H3;2*1H/t13-,14-,19+,20?;;/m0../s1. The number of pyridine rings is 1. The Kier molecular flexibility index (Phi) is 6.92. The summed E-state index contributed by atoms with van der Waals surface area (Å²) in [6.45, 7) is 6.07. The number of fused-ring (bicyclic) bond motifs is 4. The second kappa shape index (κ2) is 8.57. The zero-order chi connectivity index (χ0) is 16.7. The minimum Gasteiger partial charge on any atom is -0.497 e. The van der Waals surface area contributed by atoms with E-state index in [1.165, 1.54) is 6.42 Å². The third kappa shape index (κ3) is 3.56. The highest BCUT2D eigenvalue weighted by molar-refractivity contribution is 5.85. The summed E-state index contributed by atoms with van der Waals surface area (Å²) in [5.41, 5.74) is 1.85. The summed E-state index contributed by atoms with van der Waals surface area (Å²) in [6.07, 6.45) is 5.62. The van der Waals surface area contributed by atoms with Gasteiger partial charge in [-0.25, -0.2) is 0 Å². The summed E-state index contributed by atoms with van der Waals surface area (Å²) in [6, 6.07) is 7.96. The van der Waals surface area contributed by atoms with Crippen LogP contribution in [-0.4, -0.2) is 41.2 Å². The molecule has 0 amide bonds. The number of piperidine rings is 3. The third-order valence-electron chi connectivity index (χ3n) is 5.82. The number of aliphatic hydroxyl groups is 1. The van der Waals surface area contributed by atoms with Crippen molar-refractivity contribution >= 4 is 35.7 Å². The zero-order valence-electron chi connectivity index (χ0n) is 14.9. The third-order valence-corrected chi connectivity index (χ3v) is 5.82. The first kappa shape index (κ1) is 21.0. The monoisotopic (exact) mass is 396 g/mol. The molecule has 5 rings (SSSR count). The Morgan fingerprint density at radius 2 is 2.15 bits per heavy atom. The number of hydrogen-bond donors (Lipinski definition) is 1. The smallest absolute Gasteiger partial charge is 0.119 e. The minimum absolute atomic E-state index is 0. The van der Waals surface area contributed by atoms with Crippen molar-refractivity contribution in [1.29, 1.82) is 0 Å². The van der Waals surface area contributed by atoms with Crippen LogP contribution in [0.2, 0.25) is 0 Å². The van der Waals surface area contributed by atoms with Crippen LogP contribution in [-0.2, 0) is 0 Å². The van der Waals surface area contributed by atoms with Gasteiger partial charge in [0, 0.05) is 24.2 Å². The highest BCUT2D eigenvalue weighted by Crippen LogP contribution is 2.42. The lowest BCUT2D eigenvalue weighted by atomic mass is 9.73. The molecule has 3 saturated heterocycles. The van der Waals surface area contributed by atoms with E-state index in [2.05, 4.69) is 22.5 Å². The summed E-state index contributed by atoms with van der Waals surface area (Å²) in [5.74, 6) is 2.01. The fourth-order valence-electron chi connectivity index (χ4n) is 4.44. The number of aromatic nitrogens is 1. The molecule has 6 heteroatoms. The first-order valence-electron chi connectivity index (χ1n) is 8.68. The van der Waals surface area contributed by atoms with Crippen molar-refractivity contribution in [2.45, 2.75) is 25.0 Å². The van der Waals surface area contributed by atoms with Crippen LogP contribution in [0.1, 0.15) is 24.5 Å². The molecule has 3 aliphatic heterocycles. The Morgan fingerprint density at radius 3 is 2.81 bits per heavy atom. The van der Waals surface area contributed by atoms with E-state index in [1.807, 2.05) is 24.3 Å². The van der Waals surface area contributed by atoms with Gasteiger partial charge in [0.05, 0.1) is 18.7 Å². The van der Waals surface area contributed by atoms with Crippen molar-refractivity contribution in [3.63, 3.8) is 0 Å². The molecule has 0 spiro atoms. The number of rotatable bonds is 4. The average Bonchev–Trinajstić information content (AvgIpc) is 2.66. The van der Waals surface area contributed by atoms with Gasteiger partial charge in [-0.2, -0.15) is 0 Å². The molecule has 0 saturated carbocycles. The van der Waals surface area contributed by atoms with Crippen molar-refractivity contribution < 1.29 is 9.84 Å². The number of benzene rings is 1. The van der Waals surface area contributed by atoms with Crippen molar-refractivity contribution in [2.24, 2.45) is 11.8 Å². The van der Waals surface area contributed by atoms with E-state index in [-0.39, 0.29) is 30.9 Å². The van der Waals surface area contributed by atoms with E-state index < -0.39 is 6.10 Å². The number of hydrogen-bond acceptors (Lipinski definition) is 4. The molecule has 4 nitrogen and oxygen atoms in total. The molecule has 2 aromatic rings. The van der Waals surface area contributed by atoms with Gasteiger partial charge < -0.3 is 9.84 Å². The first-order chi connectivity index (χ1) is 11.7. The maximum Gasteiger partial charge on any atom is 0.119 e. The fourth-order valence-corrected chi connectivity index (χ4v) is 4.44. The molecular weight excluding hydrogens is 371 g/mol. The molecule has 0 radical (unpaired) electrons. The quantitative estimate of drug-likeness (QED) is 0.792. The van der Waals surface area contributed by atoms with Crippen molar-refractivity contribution in [2.75, 3.05) is 20.2 Å². The highest BCUT2D eigenvalue weighted by Gasteiger charge is 2.42. The highest BCUT2D eigenvalue weighted by atomic mass is 35.5. The summed E-state index contributed by atoms with van der Waals surface area (Å²) < 4.78 is 5.35. The SMILES string of the molecule is C=C[C@H]1CN2CC[C@H]1C[C@@H]2C(O)c1ccnc2ccc(OC)cc12.Cl.Cl. The molecule has 1 N–H and O–H groups in total. The number of aliphatic hydroxyl groups excluding tert-OH is 1. The van der Waals surface area contributed by atoms with Gasteiger partial charge in [-0.3, -0.25) is 9.88 Å². The fraction of sp³-hybridized carbons (Fsp3) is 0.450. The van der Waals surface area contributed by atoms with Crippen LogP contribution in [0, 0.1) is 11.8 Å². The van der Waals surface area contributed by atoms with Gasteiger partial charge in [-0.05, 0) is 61.1 Å². The van der Waals surface area contributed by atoms with Crippen molar-refractivity contribution in [3.8, 4) is 5.75 Å². The molecule has 0 aliphatic carbocycles. The lowest BCUT2D eigenvalue weighted by molar-refractivity contribution is -0.0444. The molecule has 1 aromatic heterocycles. The van der Waals surface area contributed by atoms with Crippen LogP contribution in [0.15, 0.2) is 43.1 Å². The van der Waals surface area contributed by atoms with Crippen LogP contribution < -0.4 is 4.74 Å². The Labute approximate surface area is 167 Å². The molecule has 2 unspecified atom stereocenters. The Balaban J connectivity index is 0.00000121. The Bertz CT molecular complexity index is 771. The van der Waals surface area contributed by atoms with Crippen LogP contribution in [0.25, 0.3) is 10.9 Å². The number of methoxy groups -OCH3 is 1. The molecule has 1 aromatic carbocycles. The van der Waals surface area contributed by atoms with Crippen LogP contribution in [0.5, 0.6) is 5.75 Å². The van der Waals surface area contributed by atoms with Crippen LogP contribution in [0.4, 0.5) is 0 Å². The predicted molar refractivity (Wildman–Crippen MR) is 110 cm³/mol. The van der Waals surface area contributed by atoms with Gasteiger partial charge >= 0.3 is 0 Å². The lowest BCUT2D eigenvalue weighted by Crippen LogP contribution is -2.54. The molecule has 5 atom stereocenters. The van der Waals surface area contributed by atoms with Gasteiger partial charge in [0.25, 0.3) is 0 Å².